The minimum Gasteiger partial charge on any atom is -0.358 e. The Kier molecular flexibility index (Phi) is 6.29. The molecule has 0 unspecified atom stereocenters. The topological polar surface area (TPSA) is 53.2 Å². The third kappa shape index (κ3) is 4.73. The Hall–Kier alpha value is -1.04. The normalized spacial score (nSPS) is 21.0. The summed E-state index contributed by atoms with van der Waals surface area (Å²) >= 11 is 17.1. The molecule has 2 atom stereocenters. The molecule has 2 rings (SSSR count). The van der Waals surface area contributed by atoms with Crippen LogP contribution in [0.15, 0.2) is 18.2 Å². The van der Waals surface area contributed by atoms with Gasteiger partial charge in [0.25, 0.3) is 5.91 Å². The summed E-state index contributed by atoms with van der Waals surface area (Å²) in [5.74, 6) is 0.194. The minimum absolute atomic E-state index is 0.301. The van der Waals surface area contributed by atoms with E-state index in [0.717, 1.165) is 6.42 Å². The summed E-state index contributed by atoms with van der Waals surface area (Å²) in [5.41, 5.74) is 5.55. The summed E-state index contributed by atoms with van der Waals surface area (Å²) in [6.07, 6.45) is 4.76. The van der Waals surface area contributed by atoms with Crippen molar-refractivity contribution in [2.45, 2.75) is 38.6 Å². The maximum atomic E-state index is 12.1. The van der Waals surface area contributed by atoms with Crippen LogP contribution < -0.4 is 16.2 Å². The predicted molar refractivity (Wildman–Crippen MR) is 94.2 cm³/mol. The van der Waals surface area contributed by atoms with Crippen LogP contribution in [-0.4, -0.2) is 17.1 Å². The third-order valence-electron chi connectivity index (χ3n) is 3.89. The average molecular weight is 360 g/mol. The Morgan fingerprint density at radius 1 is 1.23 bits per heavy atom. The number of amides is 1. The highest BCUT2D eigenvalue weighted by atomic mass is 35.5. The molecule has 1 fully saturated rings. The number of halogens is 2. The number of nitrogens with one attached hydrogen (secondary N) is 3. The van der Waals surface area contributed by atoms with Gasteiger partial charge in [-0.25, -0.2) is 0 Å². The molecule has 7 heteroatoms. The fraction of sp³-hybridized carbons (Fsp3) is 0.467. The standard InChI is InChI=1S/C15H19Cl2N3OS/c1-9-4-2-3-5-13(9)18-15(22)20-19-14(21)11-8-10(16)6-7-12(11)17/h6-9,13H,2-5H2,1H3,(H,19,21)(H2,18,20,22)/t9-,13+/m1/s1. The largest absolute Gasteiger partial charge is 0.358 e. The van der Waals surface area contributed by atoms with Gasteiger partial charge in [0.15, 0.2) is 5.11 Å². The van der Waals surface area contributed by atoms with E-state index in [1.165, 1.54) is 25.3 Å². The fourth-order valence-corrected chi connectivity index (χ4v) is 3.17. The molecular weight excluding hydrogens is 341 g/mol. The molecule has 0 bridgehead atoms. The summed E-state index contributed by atoms with van der Waals surface area (Å²) in [6, 6.07) is 5.07. The number of benzene rings is 1. The summed E-state index contributed by atoms with van der Waals surface area (Å²) in [7, 11) is 0. The monoisotopic (exact) mass is 359 g/mol. The van der Waals surface area contributed by atoms with Gasteiger partial charge in [0.2, 0.25) is 0 Å². The van der Waals surface area contributed by atoms with E-state index in [9.17, 15) is 4.79 Å². The van der Waals surface area contributed by atoms with E-state index in [4.69, 9.17) is 35.4 Å². The van der Waals surface area contributed by atoms with Crippen LogP contribution >= 0.6 is 35.4 Å². The molecule has 0 aromatic heterocycles. The zero-order chi connectivity index (χ0) is 16.1. The van der Waals surface area contributed by atoms with Gasteiger partial charge < -0.3 is 5.32 Å². The van der Waals surface area contributed by atoms with Gasteiger partial charge in [-0.3, -0.25) is 15.6 Å². The van der Waals surface area contributed by atoms with Crippen LogP contribution in [0.3, 0.4) is 0 Å². The molecule has 0 heterocycles. The lowest BCUT2D eigenvalue weighted by atomic mass is 9.86. The molecule has 1 aromatic rings. The van der Waals surface area contributed by atoms with Crippen LogP contribution in [0.25, 0.3) is 0 Å². The van der Waals surface area contributed by atoms with E-state index < -0.39 is 0 Å². The van der Waals surface area contributed by atoms with Gasteiger partial charge in [-0.05, 0) is 49.2 Å². The molecular formula is C15H19Cl2N3OS. The number of rotatable bonds is 2. The second-order valence-corrected chi connectivity index (χ2v) is 6.80. The highest BCUT2D eigenvalue weighted by Gasteiger charge is 2.21. The first-order chi connectivity index (χ1) is 10.5. The van der Waals surface area contributed by atoms with Crippen LogP contribution in [0.1, 0.15) is 43.0 Å². The Bertz CT molecular complexity index is 568. The van der Waals surface area contributed by atoms with E-state index in [1.54, 1.807) is 12.1 Å². The van der Waals surface area contributed by atoms with Crippen molar-refractivity contribution in [3.63, 3.8) is 0 Å². The zero-order valence-corrected chi connectivity index (χ0v) is 14.6. The molecule has 4 nitrogen and oxygen atoms in total. The van der Waals surface area contributed by atoms with Gasteiger partial charge >= 0.3 is 0 Å². The SMILES string of the molecule is C[C@@H]1CCCC[C@@H]1NC(=S)NNC(=O)c1cc(Cl)ccc1Cl. The molecule has 0 saturated heterocycles. The highest BCUT2D eigenvalue weighted by molar-refractivity contribution is 7.80. The van der Waals surface area contributed by atoms with Crippen molar-refractivity contribution in [2.75, 3.05) is 0 Å². The Labute approximate surface area is 145 Å². The quantitative estimate of drug-likeness (QED) is 0.556. The fourth-order valence-electron chi connectivity index (χ4n) is 2.59. The van der Waals surface area contributed by atoms with Gasteiger partial charge in [-0.1, -0.05) is 43.0 Å². The van der Waals surface area contributed by atoms with E-state index in [-0.39, 0.29) is 5.91 Å². The smallest absolute Gasteiger partial charge is 0.271 e. The molecule has 1 aliphatic carbocycles. The molecule has 22 heavy (non-hydrogen) atoms. The molecule has 1 aromatic carbocycles. The second-order valence-electron chi connectivity index (χ2n) is 5.54. The number of carbonyl (C=O) groups excluding carboxylic acids is 1. The van der Waals surface area contributed by atoms with Crippen molar-refractivity contribution >= 4 is 46.4 Å². The van der Waals surface area contributed by atoms with E-state index in [2.05, 4.69) is 23.1 Å². The van der Waals surface area contributed by atoms with E-state index >= 15 is 0 Å². The van der Waals surface area contributed by atoms with Gasteiger partial charge in [-0.15, -0.1) is 0 Å². The Morgan fingerprint density at radius 3 is 2.68 bits per heavy atom. The van der Waals surface area contributed by atoms with Crippen molar-refractivity contribution < 1.29 is 4.79 Å². The number of hydrogen-bond donors (Lipinski definition) is 3. The van der Waals surface area contributed by atoms with Crippen LogP contribution in [0.4, 0.5) is 0 Å². The number of hydrogen-bond acceptors (Lipinski definition) is 2. The van der Waals surface area contributed by atoms with Crippen molar-refractivity contribution in [2.24, 2.45) is 5.92 Å². The first-order valence-electron chi connectivity index (χ1n) is 7.29. The van der Waals surface area contributed by atoms with E-state index in [0.29, 0.717) is 32.7 Å². The first kappa shape index (κ1) is 17.3. The van der Waals surface area contributed by atoms with Crippen molar-refractivity contribution in [3.05, 3.63) is 33.8 Å². The van der Waals surface area contributed by atoms with Crippen LogP contribution in [0.5, 0.6) is 0 Å². The van der Waals surface area contributed by atoms with E-state index in [1.807, 2.05) is 0 Å². The number of hydrazine groups is 1. The van der Waals surface area contributed by atoms with Crippen LogP contribution in [0, 0.1) is 5.92 Å². The Balaban J connectivity index is 1.85. The highest BCUT2D eigenvalue weighted by Crippen LogP contribution is 2.23. The zero-order valence-electron chi connectivity index (χ0n) is 12.3. The lowest BCUT2D eigenvalue weighted by Gasteiger charge is -2.30. The molecule has 1 saturated carbocycles. The third-order valence-corrected chi connectivity index (χ3v) is 4.68. The minimum atomic E-state index is -0.381. The summed E-state index contributed by atoms with van der Waals surface area (Å²) < 4.78 is 0. The van der Waals surface area contributed by atoms with Gasteiger partial charge in [-0.2, -0.15) is 0 Å². The van der Waals surface area contributed by atoms with Gasteiger partial charge in [0.1, 0.15) is 0 Å². The van der Waals surface area contributed by atoms with Gasteiger partial charge in [0.05, 0.1) is 10.6 Å². The summed E-state index contributed by atoms with van der Waals surface area (Å²) in [4.78, 5) is 12.1. The van der Waals surface area contributed by atoms with Gasteiger partial charge in [0, 0.05) is 11.1 Å². The molecule has 0 aliphatic heterocycles. The maximum Gasteiger partial charge on any atom is 0.271 e. The second kappa shape index (κ2) is 7.99. The van der Waals surface area contributed by atoms with Crippen molar-refractivity contribution in [1.82, 2.24) is 16.2 Å². The molecule has 1 aliphatic rings. The molecule has 120 valence electrons. The number of thiocarbonyl (C=S) groups is 1. The van der Waals surface area contributed by atoms with Crippen LogP contribution in [-0.2, 0) is 0 Å². The molecule has 0 spiro atoms. The Morgan fingerprint density at radius 2 is 1.95 bits per heavy atom. The summed E-state index contributed by atoms with van der Waals surface area (Å²) in [5, 5.41) is 4.44. The lowest BCUT2D eigenvalue weighted by Crippen LogP contribution is -2.51. The van der Waals surface area contributed by atoms with Crippen molar-refractivity contribution in [1.29, 1.82) is 0 Å². The average Bonchev–Trinajstić information content (AvgIpc) is 2.49. The molecule has 3 N–H and O–H groups in total. The van der Waals surface area contributed by atoms with Crippen LogP contribution in [0.2, 0.25) is 10.0 Å². The van der Waals surface area contributed by atoms with Crippen molar-refractivity contribution in [3.8, 4) is 0 Å². The summed E-state index contributed by atoms with van der Waals surface area (Å²) in [6.45, 7) is 2.21. The predicted octanol–water partition coefficient (Wildman–Crippen LogP) is 3.68. The lowest BCUT2D eigenvalue weighted by molar-refractivity contribution is 0.0943. The number of carbonyl (C=O) groups is 1. The maximum absolute atomic E-state index is 12.1. The molecule has 0 radical (unpaired) electrons. The first-order valence-corrected chi connectivity index (χ1v) is 8.45. The molecule has 1 amide bonds.